The SMILES string of the molecule is CC(O)OC(C)N(Cc1ccccc1)Cc1ccccc1. The monoisotopic (exact) mass is 285 g/mol. The minimum atomic E-state index is -0.769. The molecule has 0 heterocycles. The molecule has 2 unspecified atom stereocenters. The second-order valence-corrected chi connectivity index (χ2v) is 5.21. The van der Waals surface area contributed by atoms with Crippen LogP contribution in [0.25, 0.3) is 0 Å². The van der Waals surface area contributed by atoms with Gasteiger partial charge in [0.05, 0.1) is 0 Å². The van der Waals surface area contributed by atoms with Gasteiger partial charge < -0.3 is 9.84 Å². The summed E-state index contributed by atoms with van der Waals surface area (Å²) in [5.74, 6) is 0. The van der Waals surface area contributed by atoms with Gasteiger partial charge in [0.2, 0.25) is 0 Å². The summed E-state index contributed by atoms with van der Waals surface area (Å²) in [6, 6.07) is 20.6. The molecule has 3 nitrogen and oxygen atoms in total. The molecule has 2 aromatic rings. The standard InChI is InChI=1S/C18H23NO2/c1-15(21-16(2)20)19(13-17-9-5-3-6-10-17)14-18-11-7-4-8-12-18/h3-12,15-16,20H,13-14H2,1-2H3. The summed E-state index contributed by atoms with van der Waals surface area (Å²) < 4.78 is 5.54. The van der Waals surface area contributed by atoms with Crippen molar-refractivity contribution in [1.29, 1.82) is 0 Å². The molecule has 0 bridgehead atoms. The molecule has 0 fully saturated rings. The van der Waals surface area contributed by atoms with Crippen molar-refractivity contribution in [2.24, 2.45) is 0 Å². The van der Waals surface area contributed by atoms with E-state index >= 15 is 0 Å². The molecule has 3 heteroatoms. The molecule has 0 amide bonds. The summed E-state index contributed by atoms with van der Waals surface area (Å²) >= 11 is 0. The van der Waals surface area contributed by atoms with E-state index in [9.17, 15) is 5.11 Å². The van der Waals surface area contributed by atoms with E-state index in [0.29, 0.717) is 0 Å². The van der Waals surface area contributed by atoms with Gasteiger partial charge in [-0.3, -0.25) is 4.90 Å². The summed E-state index contributed by atoms with van der Waals surface area (Å²) in [4.78, 5) is 2.21. The molecule has 0 radical (unpaired) electrons. The number of aliphatic hydroxyl groups excluding tert-OH is 1. The lowest BCUT2D eigenvalue weighted by Gasteiger charge is -2.30. The number of aliphatic hydroxyl groups is 1. The molecule has 2 aromatic carbocycles. The van der Waals surface area contributed by atoms with Crippen LogP contribution in [0.4, 0.5) is 0 Å². The summed E-state index contributed by atoms with van der Waals surface area (Å²) in [6.45, 7) is 5.17. The predicted octanol–water partition coefficient (Wildman–Crippen LogP) is 3.39. The van der Waals surface area contributed by atoms with Crippen molar-refractivity contribution in [3.8, 4) is 0 Å². The van der Waals surface area contributed by atoms with E-state index in [-0.39, 0.29) is 6.23 Å². The summed E-state index contributed by atoms with van der Waals surface area (Å²) in [7, 11) is 0. The number of benzene rings is 2. The van der Waals surface area contributed by atoms with E-state index in [1.165, 1.54) is 11.1 Å². The first-order valence-electron chi connectivity index (χ1n) is 7.30. The Bertz CT molecular complexity index is 472. The molecule has 21 heavy (non-hydrogen) atoms. The van der Waals surface area contributed by atoms with Crippen molar-refractivity contribution in [1.82, 2.24) is 4.90 Å². The molecule has 0 spiro atoms. The zero-order valence-electron chi connectivity index (χ0n) is 12.6. The van der Waals surface area contributed by atoms with E-state index in [2.05, 4.69) is 29.2 Å². The van der Waals surface area contributed by atoms with Crippen molar-refractivity contribution in [3.05, 3.63) is 71.8 Å². The normalized spacial score (nSPS) is 14.1. The van der Waals surface area contributed by atoms with Gasteiger partial charge in [0.15, 0.2) is 6.29 Å². The maximum Gasteiger partial charge on any atom is 0.153 e. The topological polar surface area (TPSA) is 32.7 Å². The minimum Gasteiger partial charge on any atom is -0.368 e. The highest BCUT2D eigenvalue weighted by atomic mass is 16.6. The molecular formula is C18H23NO2. The van der Waals surface area contributed by atoms with Crippen LogP contribution in [0.3, 0.4) is 0 Å². The maximum atomic E-state index is 9.45. The molecule has 2 rings (SSSR count). The van der Waals surface area contributed by atoms with Gasteiger partial charge in [-0.2, -0.15) is 0 Å². The molecule has 112 valence electrons. The lowest BCUT2D eigenvalue weighted by Crippen LogP contribution is -2.36. The largest absolute Gasteiger partial charge is 0.368 e. The Kier molecular flexibility index (Phi) is 5.93. The molecular weight excluding hydrogens is 262 g/mol. The van der Waals surface area contributed by atoms with Gasteiger partial charge in [-0.25, -0.2) is 0 Å². The van der Waals surface area contributed by atoms with Gasteiger partial charge in [0, 0.05) is 13.1 Å². The van der Waals surface area contributed by atoms with E-state index in [4.69, 9.17) is 4.74 Å². The van der Waals surface area contributed by atoms with Crippen LogP contribution in [-0.2, 0) is 17.8 Å². The van der Waals surface area contributed by atoms with E-state index in [0.717, 1.165) is 13.1 Å². The smallest absolute Gasteiger partial charge is 0.153 e. The third kappa shape index (κ3) is 5.31. The number of hydrogen-bond donors (Lipinski definition) is 1. The first kappa shape index (κ1) is 15.7. The van der Waals surface area contributed by atoms with Crippen LogP contribution in [-0.4, -0.2) is 22.5 Å². The second-order valence-electron chi connectivity index (χ2n) is 5.21. The van der Waals surface area contributed by atoms with E-state index in [1.54, 1.807) is 6.92 Å². The summed E-state index contributed by atoms with van der Waals surface area (Å²) in [5, 5.41) is 9.45. The fourth-order valence-corrected chi connectivity index (χ4v) is 2.32. The Hall–Kier alpha value is -1.68. The highest BCUT2D eigenvalue weighted by Crippen LogP contribution is 2.14. The van der Waals surface area contributed by atoms with Crippen LogP contribution >= 0.6 is 0 Å². The van der Waals surface area contributed by atoms with Crippen LogP contribution in [0.1, 0.15) is 25.0 Å². The Morgan fingerprint density at radius 3 is 1.67 bits per heavy atom. The van der Waals surface area contributed by atoms with Crippen LogP contribution in [0.2, 0.25) is 0 Å². The first-order valence-corrected chi connectivity index (χ1v) is 7.30. The summed E-state index contributed by atoms with van der Waals surface area (Å²) in [6.07, 6.45) is -0.931. The van der Waals surface area contributed by atoms with Gasteiger partial charge in [0.1, 0.15) is 6.23 Å². The average molecular weight is 285 g/mol. The minimum absolute atomic E-state index is 0.162. The lowest BCUT2D eigenvalue weighted by molar-refractivity contribution is -0.170. The third-order valence-electron chi connectivity index (χ3n) is 3.37. The predicted molar refractivity (Wildman–Crippen MR) is 84.4 cm³/mol. The lowest BCUT2D eigenvalue weighted by atomic mass is 10.1. The van der Waals surface area contributed by atoms with Crippen molar-refractivity contribution in [2.75, 3.05) is 0 Å². The quantitative estimate of drug-likeness (QED) is 0.792. The number of hydrogen-bond acceptors (Lipinski definition) is 3. The van der Waals surface area contributed by atoms with Gasteiger partial charge in [-0.1, -0.05) is 60.7 Å². The second kappa shape index (κ2) is 7.93. The Morgan fingerprint density at radius 1 is 0.857 bits per heavy atom. The molecule has 0 saturated carbocycles. The third-order valence-corrected chi connectivity index (χ3v) is 3.37. The molecule has 0 saturated heterocycles. The van der Waals surface area contributed by atoms with Crippen LogP contribution in [0.5, 0.6) is 0 Å². The molecule has 2 atom stereocenters. The Labute approximate surface area is 126 Å². The molecule has 0 aliphatic carbocycles. The van der Waals surface area contributed by atoms with Gasteiger partial charge in [0.25, 0.3) is 0 Å². The van der Waals surface area contributed by atoms with Crippen LogP contribution in [0.15, 0.2) is 60.7 Å². The fourth-order valence-electron chi connectivity index (χ4n) is 2.32. The van der Waals surface area contributed by atoms with Crippen LogP contribution in [0, 0.1) is 0 Å². The number of nitrogens with zero attached hydrogens (tertiary/aromatic N) is 1. The summed E-state index contributed by atoms with van der Waals surface area (Å²) in [5.41, 5.74) is 2.46. The van der Waals surface area contributed by atoms with Crippen molar-refractivity contribution >= 4 is 0 Å². The highest BCUT2D eigenvalue weighted by Gasteiger charge is 2.17. The van der Waals surface area contributed by atoms with Crippen molar-refractivity contribution in [3.63, 3.8) is 0 Å². The van der Waals surface area contributed by atoms with Crippen molar-refractivity contribution < 1.29 is 9.84 Å². The molecule has 1 N–H and O–H groups in total. The Morgan fingerprint density at radius 2 is 1.29 bits per heavy atom. The van der Waals surface area contributed by atoms with E-state index in [1.807, 2.05) is 43.3 Å². The molecule has 0 aromatic heterocycles. The zero-order valence-corrected chi connectivity index (χ0v) is 12.6. The van der Waals surface area contributed by atoms with Crippen molar-refractivity contribution in [2.45, 2.75) is 39.5 Å². The fraction of sp³-hybridized carbons (Fsp3) is 0.333. The number of rotatable bonds is 7. The van der Waals surface area contributed by atoms with Gasteiger partial charge >= 0.3 is 0 Å². The highest BCUT2D eigenvalue weighted by molar-refractivity contribution is 5.17. The Balaban J connectivity index is 2.10. The maximum absolute atomic E-state index is 9.45. The van der Waals surface area contributed by atoms with Gasteiger partial charge in [-0.05, 0) is 25.0 Å². The van der Waals surface area contributed by atoms with Gasteiger partial charge in [-0.15, -0.1) is 0 Å². The molecule has 0 aliphatic heterocycles. The first-order chi connectivity index (χ1) is 10.1. The average Bonchev–Trinajstić information content (AvgIpc) is 2.48. The molecule has 0 aliphatic rings. The van der Waals surface area contributed by atoms with E-state index < -0.39 is 6.29 Å². The zero-order chi connectivity index (χ0) is 15.1. The van der Waals surface area contributed by atoms with Crippen LogP contribution < -0.4 is 0 Å². The number of ether oxygens (including phenoxy) is 1.